The average molecular weight is 424 g/mol. The monoisotopic (exact) mass is 421 g/mol. The Kier molecular flexibility index (Phi) is 5.51. The Morgan fingerprint density at radius 3 is 2.75 bits per heavy atom. The van der Waals surface area contributed by atoms with Crippen LogP contribution in [0.5, 0.6) is 0 Å². The number of benzene rings is 1. The summed E-state index contributed by atoms with van der Waals surface area (Å²) in [4.78, 5) is 4.30. The van der Waals surface area contributed by atoms with E-state index >= 15 is 0 Å². The second kappa shape index (κ2) is 6.95. The summed E-state index contributed by atoms with van der Waals surface area (Å²) in [6, 6.07) is 6.10. The van der Waals surface area contributed by atoms with Gasteiger partial charge in [-0.15, -0.1) is 0 Å². The minimum Gasteiger partial charge on any atom is -0.271 e. The van der Waals surface area contributed by atoms with Crippen LogP contribution >= 0.6 is 43.5 Å². The van der Waals surface area contributed by atoms with E-state index in [0.717, 1.165) is 8.95 Å². The predicted octanol–water partition coefficient (Wildman–Crippen LogP) is 4.15. The minimum absolute atomic E-state index is 0.301. The Morgan fingerprint density at radius 1 is 1.40 bits per heavy atom. The van der Waals surface area contributed by atoms with E-state index in [1.165, 1.54) is 6.07 Å². The lowest BCUT2D eigenvalue weighted by atomic mass is 10.0. The zero-order valence-electron chi connectivity index (χ0n) is 10.2. The minimum atomic E-state index is -0.356. The van der Waals surface area contributed by atoms with Gasteiger partial charge in [-0.05, 0) is 56.5 Å². The lowest BCUT2D eigenvalue weighted by Gasteiger charge is -2.18. The van der Waals surface area contributed by atoms with Crippen LogP contribution in [-0.2, 0) is 6.42 Å². The van der Waals surface area contributed by atoms with Gasteiger partial charge < -0.3 is 0 Å². The Hall–Kier alpha value is -0.530. The topological polar surface area (TPSA) is 50.9 Å². The first-order valence-corrected chi connectivity index (χ1v) is 7.69. The highest BCUT2D eigenvalue weighted by Gasteiger charge is 2.19. The Balaban J connectivity index is 2.34. The van der Waals surface area contributed by atoms with Gasteiger partial charge in [0.2, 0.25) is 0 Å². The summed E-state index contributed by atoms with van der Waals surface area (Å²) < 4.78 is 15.5. The normalized spacial score (nSPS) is 12.4. The molecule has 7 heteroatoms. The fourth-order valence-electron chi connectivity index (χ4n) is 1.85. The van der Waals surface area contributed by atoms with Crippen LogP contribution in [-0.4, -0.2) is 4.98 Å². The van der Waals surface area contributed by atoms with Crippen LogP contribution in [0.15, 0.2) is 39.4 Å². The quantitative estimate of drug-likeness (QED) is 0.574. The van der Waals surface area contributed by atoms with Gasteiger partial charge in [-0.2, -0.15) is 0 Å². The molecule has 1 unspecified atom stereocenters. The Labute approximate surface area is 138 Å². The lowest BCUT2D eigenvalue weighted by Crippen LogP contribution is -2.30. The molecule has 0 amide bonds. The van der Waals surface area contributed by atoms with Crippen molar-refractivity contribution in [3.8, 4) is 0 Å². The Bertz CT molecular complexity index is 604. The number of hydrogen-bond acceptors (Lipinski definition) is 3. The molecule has 2 rings (SSSR count). The van der Waals surface area contributed by atoms with Crippen molar-refractivity contribution >= 4 is 43.5 Å². The molecule has 0 fully saturated rings. The number of nitrogens with zero attached hydrogens (tertiary/aromatic N) is 1. The van der Waals surface area contributed by atoms with Crippen molar-refractivity contribution in [3.05, 3.63) is 61.5 Å². The van der Waals surface area contributed by atoms with E-state index in [9.17, 15) is 4.39 Å². The van der Waals surface area contributed by atoms with Crippen LogP contribution < -0.4 is 11.3 Å². The van der Waals surface area contributed by atoms with E-state index in [0.29, 0.717) is 22.7 Å². The number of rotatable bonds is 4. The van der Waals surface area contributed by atoms with Gasteiger partial charge in [0, 0.05) is 25.7 Å². The smallest absolute Gasteiger partial charge is 0.127 e. The largest absolute Gasteiger partial charge is 0.271 e. The molecule has 0 aliphatic heterocycles. The molecule has 1 aromatic carbocycles. The number of hydrogen-bond donors (Lipinski definition) is 2. The highest BCUT2D eigenvalue weighted by molar-refractivity contribution is 9.11. The zero-order chi connectivity index (χ0) is 14.7. The molecule has 1 atom stereocenters. The highest BCUT2D eigenvalue weighted by Crippen LogP contribution is 2.29. The number of aromatic nitrogens is 1. The van der Waals surface area contributed by atoms with Crippen LogP contribution in [0, 0.1) is 5.82 Å². The van der Waals surface area contributed by atoms with Crippen LogP contribution in [0.1, 0.15) is 17.3 Å². The molecule has 106 valence electrons. The van der Waals surface area contributed by atoms with Gasteiger partial charge >= 0.3 is 0 Å². The fourth-order valence-corrected chi connectivity index (χ4v) is 3.35. The second-order valence-electron chi connectivity index (χ2n) is 4.14. The van der Waals surface area contributed by atoms with Crippen LogP contribution in [0.25, 0.3) is 0 Å². The van der Waals surface area contributed by atoms with Crippen molar-refractivity contribution in [1.29, 1.82) is 0 Å². The van der Waals surface area contributed by atoms with Gasteiger partial charge in [-0.25, -0.2) is 4.39 Å². The summed E-state index contributed by atoms with van der Waals surface area (Å²) in [5.41, 5.74) is 3.75. The number of halogens is 4. The summed E-state index contributed by atoms with van der Waals surface area (Å²) in [5.74, 6) is 5.22. The number of nitrogens with two attached hydrogens (primary N) is 1. The van der Waals surface area contributed by atoms with E-state index in [1.54, 1.807) is 18.3 Å². The first kappa shape index (κ1) is 15.9. The molecule has 1 heterocycles. The van der Waals surface area contributed by atoms with Crippen molar-refractivity contribution in [2.75, 3.05) is 0 Å². The van der Waals surface area contributed by atoms with E-state index < -0.39 is 0 Å². The average Bonchev–Trinajstić information content (AvgIpc) is 2.40. The van der Waals surface area contributed by atoms with Crippen molar-refractivity contribution in [1.82, 2.24) is 10.4 Å². The molecule has 0 spiro atoms. The van der Waals surface area contributed by atoms with Gasteiger partial charge in [0.1, 0.15) is 5.82 Å². The van der Waals surface area contributed by atoms with Gasteiger partial charge in [0.15, 0.2) is 0 Å². The van der Waals surface area contributed by atoms with Crippen molar-refractivity contribution in [3.63, 3.8) is 0 Å². The summed E-state index contributed by atoms with van der Waals surface area (Å²) in [7, 11) is 0. The summed E-state index contributed by atoms with van der Waals surface area (Å²) in [5, 5.41) is 0.374. The molecule has 0 saturated heterocycles. The third kappa shape index (κ3) is 3.56. The fraction of sp³-hybridized carbons (Fsp3) is 0.154. The number of hydrazine groups is 1. The molecule has 0 radical (unpaired) electrons. The third-order valence-electron chi connectivity index (χ3n) is 2.84. The van der Waals surface area contributed by atoms with E-state index in [1.807, 2.05) is 6.07 Å². The van der Waals surface area contributed by atoms with E-state index in [-0.39, 0.29) is 11.9 Å². The first-order chi connectivity index (χ1) is 9.52. The van der Waals surface area contributed by atoms with Crippen LogP contribution in [0.4, 0.5) is 4.39 Å². The molecule has 3 N–H and O–H groups in total. The van der Waals surface area contributed by atoms with E-state index in [2.05, 4.69) is 42.3 Å². The summed E-state index contributed by atoms with van der Waals surface area (Å²) in [6.45, 7) is 0. The first-order valence-electron chi connectivity index (χ1n) is 5.73. The SMILES string of the molecule is NNC(Cc1c(F)cccc1Cl)c1ncc(Br)cc1Br. The predicted molar refractivity (Wildman–Crippen MR) is 84.8 cm³/mol. The maximum absolute atomic E-state index is 13.8. The van der Waals surface area contributed by atoms with Crippen LogP contribution in [0.2, 0.25) is 5.02 Å². The Morgan fingerprint density at radius 2 is 2.15 bits per heavy atom. The van der Waals surface area contributed by atoms with Crippen molar-refractivity contribution in [2.45, 2.75) is 12.5 Å². The van der Waals surface area contributed by atoms with Gasteiger partial charge in [-0.3, -0.25) is 16.3 Å². The molecule has 0 aliphatic carbocycles. The van der Waals surface area contributed by atoms with Gasteiger partial charge in [-0.1, -0.05) is 17.7 Å². The standard InChI is InChI=1S/C13H11Br2ClFN3/c14-7-4-9(15)13(19-6-7)12(20-18)5-8-10(16)2-1-3-11(8)17/h1-4,6,12,20H,5,18H2. The van der Waals surface area contributed by atoms with Crippen LogP contribution in [0.3, 0.4) is 0 Å². The summed E-state index contributed by atoms with van der Waals surface area (Å²) in [6.07, 6.45) is 1.96. The second-order valence-corrected chi connectivity index (χ2v) is 6.32. The lowest BCUT2D eigenvalue weighted by molar-refractivity contribution is 0.517. The molecule has 0 aliphatic rings. The summed E-state index contributed by atoms with van der Waals surface area (Å²) >= 11 is 12.8. The van der Waals surface area contributed by atoms with Crippen molar-refractivity contribution < 1.29 is 4.39 Å². The molecular formula is C13H11Br2ClFN3. The molecule has 0 bridgehead atoms. The van der Waals surface area contributed by atoms with Crippen molar-refractivity contribution in [2.24, 2.45) is 5.84 Å². The maximum Gasteiger partial charge on any atom is 0.127 e. The maximum atomic E-state index is 13.8. The zero-order valence-corrected chi connectivity index (χ0v) is 14.1. The molecule has 0 saturated carbocycles. The molecule has 3 nitrogen and oxygen atoms in total. The number of pyridine rings is 1. The number of nitrogens with one attached hydrogen (secondary N) is 1. The third-order valence-corrected chi connectivity index (χ3v) is 4.26. The van der Waals surface area contributed by atoms with Gasteiger partial charge in [0.25, 0.3) is 0 Å². The molecular weight excluding hydrogens is 412 g/mol. The van der Waals surface area contributed by atoms with E-state index in [4.69, 9.17) is 17.4 Å². The molecule has 2 aromatic rings. The molecule has 20 heavy (non-hydrogen) atoms. The van der Waals surface area contributed by atoms with Gasteiger partial charge in [0.05, 0.1) is 11.7 Å². The highest BCUT2D eigenvalue weighted by atomic mass is 79.9. The molecule has 1 aromatic heterocycles.